The van der Waals surface area contributed by atoms with Gasteiger partial charge in [0.2, 0.25) is 11.8 Å². The van der Waals surface area contributed by atoms with Gasteiger partial charge in [0.15, 0.2) is 15.0 Å². The van der Waals surface area contributed by atoms with Crippen molar-refractivity contribution in [1.29, 1.82) is 0 Å². The van der Waals surface area contributed by atoms with Crippen molar-refractivity contribution in [3.05, 3.63) is 53.5 Å². The number of nitrogens with one attached hydrogen (secondary N) is 1. The van der Waals surface area contributed by atoms with Crippen LogP contribution in [0.4, 0.5) is 5.13 Å². The summed E-state index contributed by atoms with van der Waals surface area (Å²) < 4.78 is 35.3. The van der Waals surface area contributed by atoms with Gasteiger partial charge in [-0.25, -0.2) is 13.4 Å². The Labute approximate surface area is 178 Å². The number of hydrogen-bond donors (Lipinski definition) is 1. The first kappa shape index (κ1) is 21.7. The number of carbonyl (C=O) groups is 1. The molecule has 3 aromatic rings. The highest BCUT2D eigenvalue weighted by molar-refractivity contribution is 7.91. The van der Waals surface area contributed by atoms with Gasteiger partial charge in [0.25, 0.3) is 5.91 Å². The first-order chi connectivity index (χ1) is 14.3. The predicted molar refractivity (Wildman–Crippen MR) is 114 cm³/mol. The Morgan fingerprint density at radius 1 is 1.17 bits per heavy atom. The van der Waals surface area contributed by atoms with Crippen LogP contribution in [0, 0.1) is 0 Å². The van der Waals surface area contributed by atoms with Crippen LogP contribution in [0.25, 0.3) is 0 Å². The van der Waals surface area contributed by atoms with Gasteiger partial charge in [-0.05, 0) is 38.1 Å². The number of ether oxygens (including phenoxy) is 2. The smallest absolute Gasteiger partial charge is 0.257 e. The molecule has 0 atom stereocenters. The minimum atomic E-state index is -3.30. The summed E-state index contributed by atoms with van der Waals surface area (Å²) in [5, 5.41) is 4.93. The Balaban J connectivity index is 1.86. The molecule has 10 heteroatoms. The van der Waals surface area contributed by atoms with Crippen LogP contribution < -0.4 is 14.8 Å². The van der Waals surface area contributed by atoms with Gasteiger partial charge < -0.3 is 9.47 Å². The summed E-state index contributed by atoms with van der Waals surface area (Å²) in [6, 6.07) is 9.02. The Bertz CT molecular complexity index is 1110. The standard InChI is InChI=1S/C20H21N3O5S2/c1-4-30(25,26)16-7-5-15(6-8-16)28-18-12-14(11-17(22-18)27-13(2)3)19(24)23-20-21-9-10-29-20/h5-13H,4H2,1-3H3,(H,21,23,24). The molecule has 0 unspecified atom stereocenters. The molecule has 2 heterocycles. The van der Waals surface area contributed by atoms with Crippen LogP contribution in [0.2, 0.25) is 0 Å². The third-order valence-electron chi connectivity index (χ3n) is 3.84. The molecule has 1 amide bonds. The summed E-state index contributed by atoms with van der Waals surface area (Å²) in [7, 11) is -3.30. The zero-order chi connectivity index (χ0) is 21.7. The van der Waals surface area contributed by atoms with E-state index in [0.717, 1.165) is 0 Å². The van der Waals surface area contributed by atoms with E-state index in [-0.39, 0.29) is 40.0 Å². The number of thiazole rings is 1. The van der Waals surface area contributed by atoms with E-state index >= 15 is 0 Å². The highest BCUT2D eigenvalue weighted by Gasteiger charge is 2.15. The maximum atomic E-state index is 12.6. The minimum Gasteiger partial charge on any atom is -0.475 e. The van der Waals surface area contributed by atoms with E-state index in [1.165, 1.54) is 47.7 Å². The highest BCUT2D eigenvalue weighted by atomic mass is 32.2. The molecule has 0 radical (unpaired) electrons. The molecule has 0 saturated carbocycles. The molecule has 1 N–H and O–H groups in total. The maximum absolute atomic E-state index is 12.6. The lowest BCUT2D eigenvalue weighted by atomic mass is 10.2. The highest BCUT2D eigenvalue weighted by Crippen LogP contribution is 2.26. The summed E-state index contributed by atoms with van der Waals surface area (Å²) in [5.41, 5.74) is 0.288. The van der Waals surface area contributed by atoms with Crippen LogP contribution in [0.3, 0.4) is 0 Å². The molecule has 3 rings (SSSR count). The summed E-state index contributed by atoms with van der Waals surface area (Å²) in [4.78, 5) is 21.1. The molecular weight excluding hydrogens is 426 g/mol. The molecule has 2 aromatic heterocycles. The Hall–Kier alpha value is -2.98. The molecule has 0 bridgehead atoms. The average molecular weight is 448 g/mol. The fraction of sp³-hybridized carbons (Fsp3) is 0.250. The third kappa shape index (κ3) is 5.55. The predicted octanol–water partition coefficient (Wildman–Crippen LogP) is 4.16. The number of anilines is 1. The van der Waals surface area contributed by atoms with Gasteiger partial charge in [0.1, 0.15) is 5.75 Å². The lowest BCUT2D eigenvalue weighted by Gasteiger charge is -2.13. The van der Waals surface area contributed by atoms with Crippen molar-refractivity contribution < 1.29 is 22.7 Å². The summed E-state index contributed by atoms with van der Waals surface area (Å²) >= 11 is 1.30. The van der Waals surface area contributed by atoms with E-state index in [4.69, 9.17) is 9.47 Å². The van der Waals surface area contributed by atoms with E-state index in [1.807, 2.05) is 13.8 Å². The van der Waals surface area contributed by atoms with Gasteiger partial charge in [-0.15, -0.1) is 11.3 Å². The summed E-state index contributed by atoms with van der Waals surface area (Å²) in [6.45, 7) is 5.27. The van der Waals surface area contributed by atoms with Gasteiger partial charge in [-0.1, -0.05) is 6.92 Å². The summed E-state index contributed by atoms with van der Waals surface area (Å²) in [6.07, 6.45) is 1.44. The van der Waals surface area contributed by atoms with Crippen molar-refractivity contribution in [2.75, 3.05) is 11.1 Å². The molecule has 8 nitrogen and oxygen atoms in total. The molecule has 0 saturated heterocycles. The monoisotopic (exact) mass is 447 g/mol. The number of nitrogens with zero attached hydrogens (tertiary/aromatic N) is 2. The van der Waals surface area contributed by atoms with Gasteiger partial charge in [0, 0.05) is 23.7 Å². The number of carbonyl (C=O) groups excluding carboxylic acids is 1. The van der Waals surface area contributed by atoms with E-state index in [0.29, 0.717) is 10.9 Å². The minimum absolute atomic E-state index is 0.0148. The van der Waals surface area contributed by atoms with Crippen LogP contribution in [0.5, 0.6) is 17.5 Å². The van der Waals surface area contributed by atoms with E-state index in [2.05, 4.69) is 15.3 Å². The zero-order valence-electron chi connectivity index (χ0n) is 16.7. The molecule has 0 aliphatic carbocycles. The quantitative estimate of drug-likeness (QED) is 0.552. The lowest BCUT2D eigenvalue weighted by molar-refractivity contribution is 0.102. The average Bonchev–Trinajstić information content (AvgIpc) is 3.20. The van der Waals surface area contributed by atoms with Gasteiger partial charge >= 0.3 is 0 Å². The van der Waals surface area contributed by atoms with Crippen LogP contribution in [-0.4, -0.2) is 36.1 Å². The molecular formula is C20H21N3O5S2. The molecule has 0 fully saturated rings. The first-order valence-corrected chi connectivity index (χ1v) is 11.7. The number of aromatic nitrogens is 2. The van der Waals surface area contributed by atoms with E-state index in [1.54, 1.807) is 18.5 Å². The van der Waals surface area contributed by atoms with E-state index in [9.17, 15) is 13.2 Å². The van der Waals surface area contributed by atoms with Gasteiger partial charge in [-0.2, -0.15) is 4.98 Å². The second kappa shape index (κ2) is 9.23. The maximum Gasteiger partial charge on any atom is 0.257 e. The Morgan fingerprint density at radius 2 is 1.87 bits per heavy atom. The van der Waals surface area contributed by atoms with Gasteiger partial charge in [-0.3, -0.25) is 10.1 Å². The fourth-order valence-corrected chi connectivity index (χ4v) is 3.83. The fourth-order valence-electron chi connectivity index (χ4n) is 2.42. The summed E-state index contributed by atoms with van der Waals surface area (Å²) in [5.74, 6) is 0.391. The van der Waals surface area contributed by atoms with Crippen molar-refractivity contribution in [1.82, 2.24) is 9.97 Å². The van der Waals surface area contributed by atoms with Crippen LogP contribution in [-0.2, 0) is 9.84 Å². The van der Waals surface area contributed by atoms with Gasteiger partial charge in [0.05, 0.1) is 22.3 Å². The van der Waals surface area contributed by atoms with Crippen LogP contribution >= 0.6 is 11.3 Å². The Kier molecular flexibility index (Phi) is 6.68. The van der Waals surface area contributed by atoms with Crippen molar-refractivity contribution in [2.24, 2.45) is 0 Å². The van der Waals surface area contributed by atoms with Crippen molar-refractivity contribution in [3.63, 3.8) is 0 Å². The lowest BCUT2D eigenvalue weighted by Crippen LogP contribution is -2.14. The Morgan fingerprint density at radius 3 is 2.47 bits per heavy atom. The topological polar surface area (TPSA) is 107 Å². The van der Waals surface area contributed by atoms with Crippen LogP contribution in [0.15, 0.2) is 52.9 Å². The van der Waals surface area contributed by atoms with Crippen molar-refractivity contribution >= 4 is 32.2 Å². The molecule has 1 aromatic carbocycles. The number of rotatable bonds is 8. The molecule has 0 spiro atoms. The zero-order valence-corrected chi connectivity index (χ0v) is 18.3. The number of hydrogen-bond acceptors (Lipinski definition) is 8. The molecule has 158 valence electrons. The van der Waals surface area contributed by atoms with E-state index < -0.39 is 9.84 Å². The number of amides is 1. The molecule has 30 heavy (non-hydrogen) atoms. The van der Waals surface area contributed by atoms with Crippen molar-refractivity contribution in [3.8, 4) is 17.5 Å². The normalized spacial score (nSPS) is 11.3. The molecule has 0 aliphatic heterocycles. The molecule has 0 aliphatic rings. The second-order valence-corrected chi connectivity index (χ2v) is 9.64. The number of sulfone groups is 1. The first-order valence-electron chi connectivity index (χ1n) is 9.17. The largest absolute Gasteiger partial charge is 0.475 e. The third-order valence-corrected chi connectivity index (χ3v) is 6.27. The SMILES string of the molecule is CCS(=O)(=O)c1ccc(Oc2cc(C(=O)Nc3nccs3)cc(OC(C)C)n2)cc1. The van der Waals surface area contributed by atoms with Crippen LogP contribution in [0.1, 0.15) is 31.1 Å². The van der Waals surface area contributed by atoms with Crippen molar-refractivity contribution in [2.45, 2.75) is 31.8 Å². The second-order valence-electron chi connectivity index (χ2n) is 6.47. The number of pyridine rings is 1. The number of benzene rings is 1.